The third kappa shape index (κ3) is 6.66. The predicted octanol–water partition coefficient (Wildman–Crippen LogP) is 2.75. The zero-order valence-corrected chi connectivity index (χ0v) is 17.2. The first kappa shape index (κ1) is 22.0. The number of carbonyl (C=O) groups excluding carboxylic acids is 2. The highest BCUT2D eigenvalue weighted by atomic mass is 35.5. The Morgan fingerprint density at radius 3 is 2.30 bits per heavy atom. The van der Waals surface area contributed by atoms with Crippen LogP contribution in [0.4, 0.5) is 0 Å². The fourth-order valence-corrected chi connectivity index (χ4v) is 4.01. The Balaban J connectivity index is 0.00000261. The molecule has 1 aromatic carbocycles. The van der Waals surface area contributed by atoms with Crippen molar-refractivity contribution < 1.29 is 9.59 Å². The van der Waals surface area contributed by atoms with Crippen LogP contribution in [0.15, 0.2) is 24.3 Å². The summed E-state index contributed by atoms with van der Waals surface area (Å²) in [6.07, 6.45) is 4.36. The molecular formula is C20H29Cl2N3O2. The van der Waals surface area contributed by atoms with Gasteiger partial charge in [0.15, 0.2) is 0 Å². The van der Waals surface area contributed by atoms with Crippen LogP contribution in [0.1, 0.15) is 31.2 Å². The Labute approximate surface area is 172 Å². The largest absolute Gasteiger partial charge is 0.339 e. The Morgan fingerprint density at radius 1 is 1.04 bits per heavy atom. The van der Waals surface area contributed by atoms with Crippen molar-refractivity contribution in [3.05, 3.63) is 34.9 Å². The molecule has 0 atom stereocenters. The maximum atomic E-state index is 12.5. The molecule has 0 aliphatic carbocycles. The lowest BCUT2D eigenvalue weighted by Gasteiger charge is -2.35. The molecule has 0 saturated carbocycles. The fraction of sp³-hybridized carbons (Fsp3) is 0.600. The normalized spacial score (nSPS) is 18.1. The van der Waals surface area contributed by atoms with Crippen LogP contribution in [0.25, 0.3) is 0 Å². The summed E-state index contributed by atoms with van der Waals surface area (Å²) in [5.41, 5.74) is 0.933. The van der Waals surface area contributed by atoms with Crippen molar-refractivity contribution in [2.24, 2.45) is 5.92 Å². The SMILES string of the molecule is Cl.O=C(CCC1CCNCC1)N1CCN(C(=O)Cc2cccc(Cl)c2)CC1. The maximum Gasteiger partial charge on any atom is 0.227 e. The second-order valence-corrected chi connectivity index (χ2v) is 7.74. The Hall–Kier alpha value is -1.30. The molecule has 7 heteroatoms. The van der Waals surface area contributed by atoms with Gasteiger partial charge in [0.25, 0.3) is 0 Å². The number of nitrogens with one attached hydrogen (secondary N) is 1. The van der Waals surface area contributed by atoms with Gasteiger partial charge in [-0.2, -0.15) is 0 Å². The number of hydrogen-bond donors (Lipinski definition) is 1. The minimum Gasteiger partial charge on any atom is -0.339 e. The molecule has 2 aliphatic rings. The first-order valence-corrected chi connectivity index (χ1v) is 10.0. The monoisotopic (exact) mass is 413 g/mol. The molecule has 0 bridgehead atoms. The quantitative estimate of drug-likeness (QED) is 0.806. The average Bonchev–Trinajstić information content (AvgIpc) is 2.67. The summed E-state index contributed by atoms with van der Waals surface area (Å²) in [6, 6.07) is 7.43. The molecule has 5 nitrogen and oxygen atoms in total. The van der Waals surface area contributed by atoms with Gasteiger partial charge in [0.05, 0.1) is 6.42 Å². The van der Waals surface area contributed by atoms with Crippen molar-refractivity contribution in [2.75, 3.05) is 39.3 Å². The van der Waals surface area contributed by atoms with Gasteiger partial charge < -0.3 is 15.1 Å². The molecule has 0 radical (unpaired) electrons. The van der Waals surface area contributed by atoms with E-state index in [2.05, 4.69) is 5.32 Å². The number of carbonyl (C=O) groups is 2. The zero-order chi connectivity index (χ0) is 18.4. The standard InChI is InChI=1S/C20H28ClN3O2.ClH/c21-18-3-1-2-17(14-18)15-20(26)24-12-10-23(11-13-24)19(25)5-4-16-6-8-22-9-7-16;/h1-3,14,16,22H,4-13,15H2;1H. The van der Waals surface area contributed by atoms with Crippen molar-refractivity contribution in [1.82, 2.24) is 15.1 Å². The number of piperidine rings is 1. The van der Waals surface area contributed by atoms with E-state index in [9.17, 15) is 9.59 Å². The maximum absolute atomic E-state index is 12.5. The number of hydrogen-bond acceptors (Lipinski definition) is 3. The highest BCUT2D eigenvalue weighted by molar-refractivity contribution is 6.30. The van der Waals surface area contributed by atoms with Gasteiger partial charge in [-0.25, -0.2) is 0 Å². The van der Waals surface area contributed by atoms with Gasteiger partial charge >= 0.3 is 0 Å². The summed E-state index contributed by atoms with van der Waals surface area (Å²) in [4.78, 5) is 28.7. The number of rotatable bonds is 5. The van der Waals surface area contributed by atoms with Gasteiger partial charge in [-0.1, -0.05) is 23.7 Å². The Kier molecular flexibility index (Phi) is 8.87. The van der Waals surface area contributed by atoms with Crippen LogP contribution in [0.2, 0.25) is 5.02 Å². The van der Waals surface area contributed by atoms with Crippen LogP contribution in [0, 0.1) is 5.92 Å². The topological polar surface area (TPSA) is 52.7 Å². The summed E-state index contributed by atoms with van der Waals surface area (Å²) >= 11 is 5.98. The first-order chi connectivity index (χ1) is 12.6. The van der Waals surface area contributed by atoms with E-state index < -0.39 is 0 Å². The Bertz CT molecular complexity index is 627. The lowest BCUT2D eigenvalue weighted by atomic mass is 9.93. The zero-order valence-electron chi connectivity index (χ0n) is 15.7. The van der Waals surface area contributed by atoms with Crippen LogP contribution in [0.3, 0.4) is 0 Å². The van der Waals surface area contributed by atoms with E-state index in [0.717, 1.165) is 25.1 Å². The van der Waals surface area contributed by atoms with Crippen LogP contribution >= 0.6 is 24.0 Å². The van der Waals surface area contributed by atoms with E-state index in [1.807, 2.05) is 34.1 Å². The molecule has 1 N–H and O–H groups in total. The molecule has 2 saturated heterocycles. The third-order valence-corrected chi connectivity index (χ3v) is 5.69. The van der Waals surface area contributed by atoms with E-state index in [4.69, 9.17) is 11.6 Å². The van der Waals surface area contributed by atoms with Crippen LogP contribution < -0.4 is 5.32 Å². The number of nitrogens with zero attached hydrogens (tertiary/aromatic N) is 2. The van der Waals surface area contributed by atoms with Gasteiger partial charge in [-0.05, 0) is 56.0 Å². The summed E-state index contributed by atoms with van der Waals surface area (Å²) in [7, 11) is 0. The van der Waals surface area contributed by atoms with Gasteiger partial charge in [0, 0.05) is 37.6 Å². The molecule has 2 aliphatic heterocycles. The fourth-order valence-electron chi connectivity index (χ4n) is 3.79. The van der Waals surface area contributed by atoms with Crippen molar-refractivity contribution in [3.8, 4) is 0 Å². The van der Waals surface area contributed by atoms with Gasteiger partial charge in [-0.15, -0.1) is 12.4 Å². The van der Waals surface area contributed by atoms with Gasteiger partial charge in [-0.3, -0.25) is 9.59 Å². The number of piperazine rings is 1. The molecule has 150 valence electrons. The van der Waals surface area contributed by atoms with E-state index in [0.29, 0.717) is 50.0 Å². The highest BCUT2D eigenvalue weighted by Crippen LogP contribution is 2.19. The van der Waals surface area contributed by atoms with E-state index >= 15 is 0 Å². The predicted molar refractivity (Wildman–Crippen MR) is 110 cm³/mol. The summed E-state index contributed by atoms with van der Waals surface area (Å²) < 4.78 is 0. The van der Waals surface area contributed by atoms with Crippen molar-refractivity contribution in [3.63, 3.8) is 0 Å². The molecule has 1 aromatic rings. The number of halogens is 2. The van der Waals surface area contributed by atoms with Crippen molar-refractivity contribution in [2.45, 2.75) is 32.1 Å². The van der Waals surface area contributed by atoms with Crippen molar-refractivity contribution in [1.29, 1.82) is 0 Å². The van der Waals surface area contributed by atoms with E-state index in [-0.39, 0.29) is 24.2 Å². The Morgan fingerprint density at radius 2 is 1.67 bits per heavy atom. The molecule has 0 spiro atoms. The number of benzene rings is 1. The third-order valence-electron chi connectivity index (χ3n) is 5.45. The lowest BCUT2D eigenvalue weighted by Crippen LogP contribution is -2.51. The van der Waals surface area contributed by atoms with Crippen LogP contribution in [0.5, 0.6) is 0 Å². The molecular weight excluding hydrogens is 385 g/mol. The first-order valence-electron chi connectivity index (χ1n) is 9.62. The molecule has 2 amide bonds. The molecule has 2 fully saturated rings. The minimum absolute atomic E-state index is 0. The van der Waals surface area contributed by atoms with Crippen LogP contribution in [-0.4, -0.2) is 60.9 Å². The van der Waals surface area contributed by atoms with Crippen molar-refractivity contribution >= 4 is 35.8 Å². The smallest absolute Gasteiger partial charge is 0.227 e. The van der Waals surface area contributed by atoms with Crippen LogP contribution in [-0.2, 0) is 16.0 Å². The second kappa shape index (κ2) is 10.9. The molecule has 2 heterocycles. The summed E-state index contributed by atoms with van der Waals surface area (Å²) in [5, 5.41) is 4.01. The van der Waals surface area contributed by atoms with Gasteiger partial charge in [0.1, 0.15) is 0 Å². The molecule has 0 unspecified atom stereocenters. The molecule has 27 heavy (non-hydrogen) atoms. The minimum atomic E-state index is 0. The van der Waals surface area contributed by atoms with E-state index in [1.54, 1.807) is 0 Å². The highest BCUT2D eigenvalue weighted by Gasteiger charge is 2.24. The number of amides is 2. The van der Waals surface area contributed by atoms with E-state index in [1.165, 1.54) is 12.8 Å². The molecule has 0 aromatic heterocycles. The van der Waals surface area contributed by atoms with Gasteiger partial charge in [0.2, 0.25) is 11.8 Å². The molecule has 3 rings (SSSR count). The summed E-state index contributed by atoms with van der Waals surface area (Å²) in [6.45, 7) is 4.69. The lowest BCUT2D eigenvalue weighted by molar-refractivity contribution is -0.139. The summed E-state index contributed by atoms with van der Waals surface area (Å²) in [5.74, 6) is 1.03. The average molecular weight is 414 g/mol. The second-order valence-electron chi connectivity index (χ2n) is 7.30.